The lowest BCUT2D eigenvalue weighted by atomic mass is 9.75. The Hall–Kier alpha value is -0.505. The summed E-state index contributed by atoms with van der Waals surface area (Å²) in [7, 11) is -0.340. The van der Waals surface area contributed by atoms with Crippen molar-refractivity contribution in [3.05, 3.63) is 28.3 Å². The van der Waals surface area contributed by atoms with Crippen LogP contribution in [0, 0.1) is 13.8 Å². The van der Waals surface area contributed by atoms with E-state index in [-0.39, 0.29) is 18.3 Å². The smallest absolute Gasteiger partial charge is 0.399 e. The van der Waals surface area contributed by atoms with Crippen molar-refractivity contribution >= 4 is 24.2 Å². The van der Waals surface area contributed by atoms with Gasteiger partial charge in [0.2, 0.25) is 0 Å². The molecule has 0 amide bonds. The number of hydrogen-bond donors (Lipinski definition) is 0. The molecule has 0 N–H and O–H groups in total. The van der Waals surface area contributed by atoms with Gasteiger partial charge in [-0.1, -0.05) is 11.6 Å². The van der Waals surface area contributed by atoms with E-state index in [1.807, 2.05) is 12.1 Å². The molecule has 1 aliphatic rings. The van der Waals surface area contributed by atoms with E-state index in [0.29, 0.717) is 0 Å². The fraction of sp³-hybridized carbons (Fsp3) is 0.571. The fourth-order valence-corrected chi connectivity index (χ4v) is 2.34. The number of hydrogen-bond acceptors (Lipinski definition) is 2. The summed E-state index contributed by atoms with van der Waals surface area (Å²) in [6.07, 6.45) is 0. The monoisotopic (exact) mass is 266 g/mol. The highest BCUT2D eigenvalue weighted by atomic mass is 35.5. The second kappa shape index (κ2) is 4.26. The zero-order chi connectivity index (χ0) is 13.7. The van der Waals surface area contributed by atoms with Crippen molar-refractivity contribution in [2.24, 2.45) is 0 Å². The topological polar surface area (TPSA) is 18.5 Å². The Morgan fingerprint density at radius 2 is 1.50 bits per heavy atom. The van der Waals surface area contributed by atoms with Gasteiger partial charge in [-0.3, -0.25) is 0 Å². The van der Waals surface area contributed by atoms with Crippen molar-refractivity contribution in [1.29, 1.82) is 0 Å². The van der Waals surface area contributed by atoms with Crippen LogP contribution in [0.3, 0.4) is 0 Å². The van der Waals surface area contributed by atoms with Crippen LogP contribution in [0.2, 0.25) is 5.02 Å². The van der Waals surface area contributed by atoms with Gasteiger partial charge in [0.25, 0.3) is 0 Å². The first-order chi connectivity index (χ1) is 8.14. The highest BCUT2D eigenvalue weighted by Gasteiger charge is 2.52. The molecule has 1 aliphatic heterocycles. The van der Waals surface area contributed by atoms with Crippen molar-refractivity contribution < 1.29 is 9.31 Å². The Bertz CT molecular complexity index is 467. The van der Waals surface area contributed by atoms with E-state index in [1.54, 1.807) is 0 Å². The van der Waals surface area contributed by atoms with Gasteiger partial charge in [0, 0.05) is 5.02 Å². The molecule has 0 radical (unpaired) electrons. The molecule has 0 aliphatic carbocycles. The van der Waals surface area contributed by atoms with E-state index in [1.165, 1.54) is 5.56 Å². The van der Waals surface area contributed by atoms with Crippen LogP contribution in [0.15, 0.2) is 12.1 Å². The van der Waals surface area contributed by atoms with Crippen molar-refractivity contribution in [3.8, 4) is 0 Å². The van der Waals surface area contributed by atoms with Gasteiger partial charge in [-0.25, -0.2) is 0 Å². The second-order valence-corrected chi connectivity index (χ2v) is 6.46. The highest BCUT2D eigenvalue weighted by molar-refractivity contribution is 6.63. The molecule has 0 spiro atoms. The average Bonchev–Trinajstić information content (AvgIpc) is 2.42. The molecule has 1 saturated heterocycles. The molecule has 1 fully saturated rings. The summed E-state index contributed by atoms with van der Waals surface area (Å²) in [5, 5.41) is 0.725. The summed E-state index contributed by atoms with van der Waals surface area (Å²) >= 11 is 6.13. The van der Waals surface area contributed by atoms with Crippen molar-refractivity contribution in [2.75, 3.05) is 0 Å². The molecule has 18 heavy (non-hydrogen) atoms. The first-order valence-corrected chi connectivity index (χ1v) is 6.64. The van der Waals surface area contributed by atoms with E-state index in [2.05, 4.69) is 41.5 Å². The van der Waals surface area contributed by atoms with Crippen LogP contribution in [-0.2, 0) is 9.31 Å². The summed E-state index contributed by atoms with van der Waals surface area (Å²) in [5.74, 6) is 0. The predicted molar refractivity (Wildman–Crippen MR) is 76.6 cm³/mol. The quantitative estimate of drug-likeness (QED) is 0.727. The Labute approximate surface area is 115 Å². The van der Waals surface area contributed by atoms with Gasteiger partial charge in [0.1, 0.15) is 0 Å². The summed E-state index contributed by atoms with van der Waals surface area (Å²) in [5.41, 5.74) is 2.73. The second-order valence-electron chi connectivity index (χ2n) is 6.03. The minimum atomic E-state index is -0.340. The Morgan fingerprint density at radius 3 is 2.00 bits per heavy atom. The van der Waals surface area contributed by atoms with Gasteiger partial charge in [0.15, 0.2) is 0 Å². The van der Waals surface area contributed by atoms with Crippen molar-refractivity contribution in [3.63, 3.8) is 0 Å². The first-order valence-electron chi connectivity index (χ1n) is 6.26. The maximum atomic E-state index is 6.13. The van der Waals surface area contributed by atoms with E-state index >= 15 is 0 Å². The minimum Gasteiger partial charge on any atom is -0.399 e. The molecule has 0 aromatic heterocycles. The van der Waals surface area contributed by atoms with Gasteiger partial charge in [-0.2, -0.15) is 0 Å². The Morgan fingerprint density at radius 1 is 1.00 bits per heavy atom. The molecule has 4 heteroatoms. The SMILES string of the molecule is Cc1cc(Cl)cc(B2OC(C)(C)C(C)(C)O2)c1C. The summed E-state index contributed by atoms with van der Waals surface area (Å²) < 4.78 is 12.1. The van der Waals surface area contributed by atoms with Crippen LogP contribution >= 0.6 is 11.6 Å². The van der Waals surface area contributed by atoms with Crippen molar-refractivity contribution in [2.45, 2.75) is 52.7 Å². The number of aryl methyl sites for hydroxylation is 1. The Kier molecular flexibility index (Phi) is 3.29. The van der Waals surface area contributed by atoms with Gasteiger partial charge in [-0.15, -0.1) is 0 Å². The lowest BCUT2D eigenvalue weighted by molar-refractivity contribution is 0.00578. The molecule has 0 bridgehead atoms. The molecule has 2 rings (SSSR count). The normalized spacial score (nSPS) is 21.4. The van der Waals surface area contributed by atoms with E-state index in [0.717, 1.165) is 16.0 Å². The molecule has 98 valence electrons. The summed E-state index contributed by atoms with van der Waals surface area (Å²) in [6.45, 7) is 12.3. The number of halogens is 1. The molecular weight excluding hydrogens is 246 g/mol. The third kappa shape index (κ3) is 2.20. The van der Waals surface area contributed by atoms with Crippen LogP contribution in [0.1, 0.15) is 38.8 Å². The van der Waals surface area contributed by atoms with Crippen LogP contribution in [0.4, 0.5) is 0 Å². The molecule has 2 nitrogen and oxygen atoms in total. The van der Waals surface area contributed by atoms with E-state index in [4.69, 9.17) is 20.9 Å². The van der Waals surface area contributed by atoms with Crippen molar-refractivity contribution in [1.82, 2.24) is 0 Å². The van der Waals surface area contributed by atoms with Gasteiger partial charge < -0.3 is 9.31 Å². The minimum absolute atomic E-state index is 0.319. The zero-order valence-corrected chi connectivity index (χ0v) is 12.7. The van der Waals surface area contributed by atoms with Gasteiger partial charge >= 0.3 is 7.12 Å². The summed E-state index contributed by atoms with van der Waals surface area (Å²) in [4.78, 5) is 0. The molecule has 0 atom stereocenters. The molecular formula is C14H20BClO2. The van der Waals surface area contributed by atoms with E-state index in [9.17, 15) is 0 Å². The number of rotatable bonds is 1. The molecule has 1 heterocycles. The van der Waals surface area contributed by atoms with E-state index < -0.39 is 0 Å². The summed E-state index contributed by atoms with van der Waals surface area (Å²) in [6, 6.07) is 3.90. The molecule has 0 unspecified atom stereocenters. The maximum absolute atomic E-state index is 6.13. The number of benzene rings is 1. The molecule has 0 saturated carbocycles. The van der Waals surface area contributed by atoms with Crippen LogP contribution in [0.25, 0.3) is 0 Å². The third-order valence-electron chi connectivity index (χ3n) is 4.18. The molecule has 1 aromatic carbocycles. The standard InChI is InChI=1S/C14H20BClO2/c1-9-7-11(16)8-12(10(9)2)15-17-13(3,4)14(5,6)18-15/h7-8H,1-6H3. The van der Waals surface area contributed by atoms with Crippen LogP contribution < -0.4 is 5.46 Å². The Balaban J connectivity index is 2.41. The fourth-order valence-electron chi connectivity index (χ4n) is 2.06. The van der Waals surface area contributed by atoms with Gasteiger partial charge in [-0.05, 0) is 70.3 Å². The predicted octanol–water partition coefficient (Wildman–Crippen LogP) is 3.26. The average molecular weight is 267 g/mol. The first kappa shape index (κ1) is 13.9. The third-order valence-corrected chi connectivity index (χ3v) is 4.40. The highest BCUT2D eigenvalue weighted by Crippen LogP contribution is 2.37. The lowest BCUT2D eigenvalue weighted by Gasteiger charge is -2.32. The van der Waals surface area contributed by atoms with Gasteiger partial charge in [0.05, 0.1) is 11.2 Å². The zero-order valence-electron chi connectivity index (χ0n) is 11.9. The van der Waals surface area contributed by atoms with Crippen LogP contribution in [-0.4, -0.2) is 18.3 Å². The maximum Gasteiger partial charge on any atom is 0.495 e. The lowest BCUT2D eigenvalue weighted by Crippen LogP contribution is -2.41. The van der Waals surface area contributed by atoms with Crippen LogP contribution in [0.5, 0.6) is 0 Å². The molecule has 1 aromatic rings. The largest absolute Gasteiger partial charge is 0.495 e.